The second-order valence-corrected chi connectivity index (χ2v) is 14.8. The maximum Gasteiger partial charge on any atom is 0.242 e. The highest BCUT2D eigenvalue weighted by Crippen LogP contribution is 2.28. The van der Waals surface area contributed by atoms with Crippen molar-refractivity contribution in [3.05, 3.63) is 65.7 Å². The summed E-state index contributed by atoms with van der Waals surface area (Å²) in [5.41, 5.74) is 1.58. The van der Waals surface area contributed by atoms with Gasteiger partial charge in [0.15, 0.2) is 5.78 Å². The minimum atomic E-state index is -0.951. The van der Waals surface area contributed by atoms with Crippen molar-refractivity contribution in [2.24, 2.45) is 11.3 Å². The first kappa shape index (κ1) is 44.8. The van der Waals surface area contributed by atoms with E-state index in [1.165, 1.54) is 0 Å². The molecule has 2 rings (SSSR count). The molecule has 0 saturated heterocycles. The second kappa shape index (κ2) is 24.0. The van der Waals surface area contributed by atoms with Crippen LogP contribution in [0.25, 0.3) is 0 Å². The molecule has 2 aromatic rings. The Hall–Kier alpha value is -4.39. The van der Waals surface area contributed by atoms with Crippen molar-refractivity contribution in [3.8, 4) is 5.75 Å². The minimum absolute atomic E-state index is 0.0426. The van der Waals surface area contributed by atoms with Crippen LogP contribution in [0.15, 0.2) is 54.6 Å². The molecule has 0 fully saturated rings. The van der Waals surface area contributed by atoms with Crippen LogP contribution < -0.4 is 31.3 Å². The Morgan fingerprint density at radius 1 is 0.755 bits per heavy atom. The van der Waals surface area contributed by atoms with Gasteiger partial charge in [-0.05, 0) is 53.9 Å². The molecule has 5 N–H and O–H groups in total. The number of Topliss-reactive ketones (excluding diaryl/α,β-unsaturated/α-hetero) is 1. The van der Waals surface area contributed by atoms with Gasteiger partial charge in [-0.3, -0.25) is 28.8 Å². The van der Waals surface area contributed by atoms with E-state index in [4.69, 9.17) is 4.74 Å². The van der Waals surface area contributed by atoms with Crippen LogP contribution in [0.2, 0.25) is 0 Å². The maximum atomic E-state index is 13.1. The molecular weight excluding hydrogens is 695 g/mol. The van der Waals surface area contributed by atoms with E-state index in [0.717, 1.165) is 36.1 Å². The van der Waals surface area contributed by atoms with Crippen molar-refractivity contribution in [3.63, 3.8) is 0 Å². The molecule has 0 bridgehead atoms. The molecule has 292 valence electrons. The lowest BCUT2D eigenvalue weighted by Gasteiger charge is -2.25. The zero-order chi connectivity index (χ0) is 39.2. The molecule has 0 aliphatic heterocycles. The number of benzene rings is 2. The summed E-state index contributed by atoms with van der Waals surface area (Å²) in [5, 5.41) is 13.2. The van der Waals surface area contributed by atoms with Gasteiger partial charge in [0.2, 0.25) is 29.5 Å². The van der Waals surface area contributed by atoms with Gasteiger partial charge in [-0.15, -0.1) is 0 Å². The summed E-state index contributed by atoms with van der Waals surface area (Å²) in [5.74, 6) is -1.02. The van der Waals surface area contributed by atoms with Crippen LogP contribution in [-0.4, -0.2) is 79.4 Å². The van der Waals surface area contributed by atoms with Crippen molar-refractivity contribution < 1.29 is 33.5 Å². The van der Waals surface area contributed by atoms with Gasteiger partial charge in [0.1, 0.15) is 11.8 Å². The van der Waals surface area contributed by atoms with E-state index in [-0.39, 0.29) is 68.2 Å². The first-order valence-corrected chi connectivity index (χ1v) is 19.1. The normalized spacial score (nSPS) is 12.3. The number of aryl methyl sites for hydroxylation is 1. The van der Waals surface area contributed by atoms with E-state index in [9.17, 15) is 28.8 Å². The van der Waals surface area contributed by atoms with Crippen LogP contribution in [0.1, 0.15) is 84.3 Å². The molecular formula is C40H59N5O7S. The van der Waals surface area contributed by atoms with Crippen molar-refractivity contribution >= 4 is 47.9 Å². The molecule has 0 aromatic heterocycles. The number of amides is 5. The molecule has 0 radical (unpaired) electrons. The van der Waals surface area contributed by atoms with Crippen LogP contribution >= 0.6 is 12.6 Å². The molecule has 0 spiro atoms. The Bertz CT molecular complexity index is 1470. The third-order valence-electron chi connectivity index (χ3n) is 8.48. The standard InChI is InChI=1S/C40H59N5O7S/c1-6-22-52-31-15-12-29(13-16-31)14-17-34(46)33(27-53)45-38(50)25-42-35(47)19-21-41-39(51)32(23-30-10-8-7-9-11-30)44-37(49)26-43-36(48)24-40(4,5)20-18-28(2)3/h7-13,15-16,28,32-33,53H,6,14,17-27H2,1-5H3,(H,41,51)(H,42,47)(H,43,48)(H,44,49)(H,45,50). The Morgan fingerprint density at radius 3 is 1.98 bits per heavy atom. The summed E-state index contributed by atoms with van der Waals surface area (Å²) < 4.78 is 5.58. The van der Waals surface area contributed by atoms with Gasteiger partial charge in [0.05, 0.1) is 25.7 Å². The molecule has 13 heteroatoms. The second-order valence-electron chi connectivity index (χ2n) is 14.4. The minimum Gasteiger partial charge on any atom is -0.494 e. The number of carbonyl (C=O) groups excluding carboxylic acids is 6. The largest absolute Gasteiger partial charge is 0.494 e. The predicted molar refractivity (Wildman–Crippen MR) is 210 cm³/mol. The van der Waals surface area contributed by atoms with Crippen LogP contribution in [-0.2, 0) is 41.6 Å². The molecule has 2 unspecified atom stereocenters. The Kier molecular flexibility index (Phi) is 20.3. The van der Waals surface area contributed by atoms with Gasteiger partial charge in [0.25, 0.3) is 0 Å². The molecule has 0 heterocycles. The quantitative estimate of drug-likeness (QED) is 0.0840. The summed E-state index contributed by atoms with van der Waals surface area (Å²) in [6, 6.07) is 14.9. The number of thiol groups is 1. The highest BCUT2D eigenvalue weighted by molar-refractivity contribution is 7.80. The monoisotopic (exact) mass is 753 g/mol. The lowest BCUT2D eigenvalue weighted by Crippen LogP contribution is -2.51. The van der Waals surface area contributed by atoms with Crippen molar-refractivity contribution in [1.82, 2.24) is 26.6 Å². The lowest BCUT2D eigenvalue weighted by molar-refractivity contribution is -0.130. The van der Waals surface area contributed by atoms with Gasteiger partial charge in [-0.2, -0.15) is 12.6 Å². The number of ether oxygens (including phenoxy) is 1. The summed E-state index contributed by atoms with van der Waals surface area (Å²) in [6.45, 7) is 10.3. The molecule has 0 saturated carbocycles. The fraction of sp³-hybridized carbons (Fsp3) is 0.550. The summed E-state index contributed by atoms with van der Waals surface area (Å²) in [6.07, 6.45) is 3.87. The third-order valence-corrected chi connectivity index (χ3v) is 8.84. The van der Waals surface area contributed by atoms with Gasteiger partial charge >= 0.3 is 0 Å². The highest BCUT2D eigenvalue weighted by atomic mass is 32.1. The third kappa shape index (κ3) is 19.3. The van der Waals surface area contributed by atoms with Crippen LogP contribution in [0, 0.1) is 11.3 Å². The van der Waals surface area contributed by atoms with Crippen molar-refractivity contribution in [2.75, 3.05) is 32.0 Å². The van der Waals surface area contributed by atoms with Crippen LogP contribution in [0.4, 0.5) is 0 Å². The van der Waals surface area contributed by atoms with E-state index < -0.39 is 35.7 Å². The first-order valence-electron chi connectivity index (χ1n) is 18.5. The van der Waals surface area contributed by atoms with Crippen molar-refractivity contribution in [2.45, 2.75) is 98.1 Å². The fourth-order valence-electron chi connectivity index (χ4n) is 5.33. The number of ketones is 1. The topological polar surface area (TPSA) is 172 Å². The molecule has 53 heavy (non-hydrogen) atoms. The SMILES string of the molecule is CCCOc1ccc(CCC(=O)C(CS)NC(=O)CNC(=O)CCNC(=O)C(Cc2ccccc2)NC(=O)CNC(=O)CC(C)(C)CCC(C)C)cc1. The van der Waals surface area contributed by atoms with E-state index in [0.29, 0.717) is 18.9 Å². The number of hydrogen-bond acceptors (Lipinski definition) is 8. The molecule has 2 atom stereocenters. The number of nitrogens with one attached hydrogen (secondary N) is 5. The van der Waals surface area contributed by atoms with Gasteiger partial charge in [-0.1, -0.05) is 83.5 Å². The Balaban J connectivity index is 1.79. The summed E-state index contributed by atoms with van der Waals surface area (Å²) >= 11 is 4.22. The van der Waals surface area contributed by atoms with Gasteiger partial charge in [0, 0.05) is 38.0 Å². The number of hydrogen-bond donors (Lipinski definition) is 6. The van der Waals surface area contributed by atoms with Crippen LogP contribution in [0.5, 0.6) is 5.75 Å². The van der Waals surface area contributed by atoms with Gasteiger partial charge in [-0.25, -0.2) is 0 Å². The first-order chi connectivity index (χ1) is 25.2. The van der Waals surface area contributed by atoms with E-state index >= 15 is 0 Å². The average molecular weight is 754 g/mol. The maximum absolute atomic E-state index is 13.1. The Labute approximate surface area is 320 Å². The molecule has 0 aliphatic rings. The highest BCUT2D eigenvalue weighted by Gasteiger charge is 2.25. The molecule has 0 aliphatic carbocycles. The zero-order valence-electron chi connectivity index (χ0n) is 31.9. The van der Waals surface area contributed by atoms with E-state index in [1.807, 2.05) is 75.4 Å². The van der Waals surface area contributed by atoms with Crippen molar-refractivity contribution in [1.29, 1.82) is 0 Å². The number of rotatable bonds is 25. The predicted octanol–water partition coefficient (Wildman–Crippen LogP) is 3.71. The van der Waals surface area contributed by atoms with Crippen LogP contribution in [0.3, 0.4) is 0 Å². The lowest BCUT2D eigenvalue weighted by atomic mass is 9.82. The summed E-state index contributed by atoms with van der Waals surface area (Å²) in [4.78, 5) is 76.3. The fourth-order valence-corrected chi connectivity index (χ4v) is 5.62. The molecule has 12 nitrogen and oxygen atoms in total. The smallest absolute Gasteiger partial charge is 0.242 e. The molecule has 5 amide bonds. The molecule has 2 aromatic carbocycles. The Morgan fingerprint density at radius 2 is 1.38 bits per heavy atom. The van der Waals surface area contributed by atoms with E-state index in [2.05, 4.69) is 53.1 Å². The summed E-state index contributed by atoms with van der Waals surface area (Å²) in [7, 11) is 0. The van der Waals surface area contributed by atoms with E-state index in [1.54, 1.807) is 0 Å². The zero-order valence-corrected chi connectivity index (χ0v) is 32.8. The van der Waals surface area contributed by atoms with Gasteiger partial charge < -0.3 is 31.3 Å². The average Bonchev–Trinajstić information content (AvgIpc) is 3.13. The number of carbonyl (C=O) groups is 6.